The molecule has 8 aromatic rings. The lowest BCUT2D eigenvalue weighted by Gasteiger charge is -2.32. The van der Waals surface area contributed by atoms with Crippen molar-refractivity contribution in [3.05, 3.63) is 191 Å². The predicted octanol–water partition coefficient (Wildman–Crippen LogP) is 7.99. The molecule has 8 atom stereocenters. The van der Waals surface area contributed by atoms with Gasteiger partial charge in [0.1, 0.15) is 50.6 Å². The van der Waals surface area contributed by atoms with Gasteiger partial charge in [0.15, 0.2) is 0 Å². The van der Waals surface area contributed by atoms with E-state index in [1.54, 1.807) is 46.9 Å². The molecule has 2 saturated heterocycles. The number of rotatable bonds is 30. The largest absolute Gasteiger partial charge is 0.449 e. The number of nitrogens with zero attached hydrogens (tertiary/aromatic N) is 10. The smallest absolute Gasteiger partial charge is 0.407 e. The van der Waals surface area contributed by atoms with Crippen molar-refractivity contribution in [3.8, 4) is 45.9 Å². The first-order valence-corrected chi connectivity index (χ1v) is 35.5. The van der Waals surface area contributed by atoms with Gasteiger partial charge in [0.2, 0.25) is 35.5 Å². The zero-order valence-corrected chi connectivity index (χ0v) is 58.7. The highest BCUT2D eigenvalue weighted by Crippen LogP contribution is 2.46. The molecule has 2 fully saturated rings. The molecular weight excluding hydrogens is 1320 g/mol. The molecule has 0 saturated carbocycles. The summed E-state index contributed by atoms with van der Waals surface area (Å²) in [4.78, 5) is 89.4. The average Bonchev–Trinajstić information content (AvgIpc) is 1.62. The van der Waals surface area contributed by atoms with Gasteiger partial charge >= 0.3 is 12.2 Å². The van der Waals surface area contributed by atoms with Gasteiger partial charge in [-0.15, -0.1) is 0 Å². The number of fused-ring (bicyclic) bond motifs is 6. The van der Waals surface area contributed by atoms with Crippen LogP contribution < -0.4 is 31.9 Å². The van der Waals surface area contributed by atoms with Crippen LogP contribution in [0.3, 0.4) is 0 Å². The number of alkyl carbamates (subject to hydrolysis) is 2. The number of amides is 6. The van der Waals surface area contributed by atoms with Crippen molar-refractivity contribution >= 4 is 47.7 Å². The summed E-state index contributed by atoms with van der Waals surface area (Å²) >= 11 is 0. The Hall–Kier alpha value is -11.5. The maximum atomic E-state index is 15.0. The lowest BCUT2D eigenvalue weighted by molar-refractivity contribution is -0.142. The number of carbonyl (C=O) groups is 6. The Morgan fingerprint density at radius 1 is 0.481 bits per heavy atom. The first kappa shape index (κ1) is 72.3. The fourth-order valence-corrected chi connectivity index (χ4v) is 14.1. The number of ether oxygens (including phenoxy) is 4. The van der Waals surface area contributed by atoms with Crippen LogP contribution in [-0.2, 0) is 64.3 Å². The Morgan fingerprint density at radius 3 is 1.20 bits per heavy atom. The quantitative estimate of drug-likeness (QED) is 0.0232. The van der Waals surface area contributed by atoms with Crippen LogP contribution in [0.1, 0.15) is 111 Å². The third-order valence-corrected chi connectivity index (χ3v) is 19.6. The zero-order valence-electron chi connectivity index (χ0n) is 58.7. The van der Waals surface area contributed by atoms with Crippen molar-refractivity contribution in [3.63, 3.8) is 0 Å². The molecule has 2 aromatic heterocycles. The fourth-order valence-electron chi connectivity index (χ4n) is 14.1. The molecule has 6 aromatic carbocycles. The van der Waals surface area contributed by atoms with Crippen molar-refractivity contribution in [2.75, 3.05) is 50.2 Å². The number of aromatic nitrogens is 8. The highest BCUT2D eigenvalue weighted by Gasteiger charge is 2.41. The van der Waals surface area contributed by atoms with Crippen molar-refractivity contribution in [2.24, 2.45) is 0 Å². The monoisotopic (exact) mass is 1410 g/mol. The molecule has 12 rings (SSSR count). The third-order valence-electron chi connectivity index (χ3n) is 19.6. The van der Waals surface area contributed by atoms with E-state index in [1.165, 1.54) is 0 Å². The van der Waals surface area contributed by atoms with Gasteiger partial charge in [0, 0.05) is 38.0 Å². The van der Waals surface area contributed by atoms with Gasteiger partial charge < -0.3 is 60.6 Å². The molecule has 0 spiro atoms. The molecule has 6 amide bonds. The minimum Gasteiger partial charge on any atom is -0.449 e. The normalized spacial score (nSPS) is 16.6. The number of benzene rings is 6. The zero-order chi connectivity index (χ0) is 72.3. The number of likely N-dealkylation sites (tertiary alicyclic amines) is 2. The number of hydrogen-bond acceptors (Lipinski definition) is 18. The Bertz CT molecular complexity index is 4070. The van der Waals surface area contributed by atoms with Crippen molar-refractivity contribution in [2.45, 2.75) is 153 Å². The van der Waals surface area contributed by atoms with E-state index in [0.29, 0.717) is 63.8 Å². The van der Waals surface area contributed by atoms with Gasteiger partial charge in [-0.3, -0.25) is 19.2 Å². The lowest BCUT2D eigenvalue weighted by atomic mass is 9.98. The second kappa shape index (κ2) is 34.9. The van der Waals surface area contributed by atoms with E-state index in [9.17, 15) is 28.8 Å². The van der Waals surface area contributed by atoms with Crippen LogP contribution in [-0.4, -0.2) is 174 Å². The molecule has 4 aliphatic rings. The summed E-state index contributed by atoms with van der Waals surface area (Å²) in [5.41, 5.74) is 10.5. The van der Waals surface area contributed by atoms with Crippen LogP contribution in [0.15, 0.2) is 158 Å². The van der Waals surface area contributed by atoms with Crippen LogP contribution in [0.25, 0.3) is 22.3 Å². The van der Waals surface area contributed by atoms with E-state index in [2.05, 4.69) is 86.6 Å². The average molecular weight is 1410 g/mol. The van der Waals surface area contributed by atoms with Gasteiger partial charge in [-0.2, -0.15) is 0 Å². The minimum atomic E-state index is -1.24. The lowest BCUT2D eigenvalue weighted by Crippen LogP contribution is -2.59. The Balaban J connectivity index is 0.697. The molecule has 2 aliphatic carbocycles. The van der Waals surface area contributed by atoms with Crippen molar-refractivity contribution in [1.29, 1.82) is 0 Å². The van der Waals surface area contributed by atoms with Crippen LogP contribution in [0.5, 0.6) is 0 Å². The Labute approximate surface area is 604 Å². The van der Waals surface area contributed by atoms with Gasteiger partial charge in [-0.1, -0.05) is 194 Å². The number of carbonyl (C=O) groups excluding carboxylic acids is 6. The van der Waals surface area contributed by atoms with Crippen molar-refractivity contribution < 1.29 is 47.7 Å². The van der Waals surface area contributed by atoms with Crippen LogP contribution in [0, 0.1) is 23.7 Å². The summed E-state index contributed by atoms with van der Waals surface area (Å²) in [6.07, 6.45) is -0.481. The molecular formula is C78H86N16O10. The summed E-state index contributed by atoms with van der Waals surface area (Å²) in [7, 11) is 0. The molecule has 6 N–H and O–H groups in total. The van der Waals surface area contributed by atoms with E-state index >= 15 is 0 Å². The standard InChI is InChI=1S/C78H86N16O10/c1-5-67(81-77(99)103-49-65-61-37-19-15-33-57(61)58-34-16-20-38-62(58)65)71(95)83-69(73(97)91-41-25-31-55(91)47-93-75(85-87-89-93)79-45-53-27-11-9-12-28-53)51(3)101-43-23-7-8-24-44-102-52(4)70(74(98)92-42-26-32-56(92)48-94-76(86-88-90-94)80-46-54-29-13-10-14-30-54)84-72(96)68(6-2)82-78(100)104-50-66-63-39-21-17-35-59(63)60-36-18-22-40-64(60)66/h9-22,27-30,33-40,51-52,55-56,65-70H,5-6,25-26,31-32,41-50H2,1-4H3,(H,81,99)(H,82,100)(H,83,95)(H,84,96)(H,79,85,89)(H,80,86,90)/t51-,52-,55+,56+,67+,68+,69+,70+/m1/s1. The Kier molecular flexibility index (Phi) is 24.3. The highest BCUT2D eigenvalue weighted by atomic mass is 16.6. The predicted molar refractivity (Wildman–Crippen MR) is 387 cm³/mol. The summed E-state index contributed by atoms with van der Waals surface area (Å²) in [6, 6.07) is 46.3. The first-order chi connectivity index (χ1) is 50.8. The summed E-state index contributed by atoms with van der Waals surface area (Å²) < 4.78 is 27.4. The summed E-state index contributed by atoms with van der Waals surface area (Å²) in [5.74, 6) is 9.74. The van der Waals surface area contributed by atoms with Gasteiger partial charge in [-0.25, -0.2) is 19.0 Å². The SMILES string of the molecule is CC[C@H](NC(=O)OCC1c2ccccc2-c2ccccc21)C(=O)N[C@H](C(=O)N1CCC[C@H]1Cn1nnnc1NCc1ccccc1)[C@@H](C)OCC#CC#CCO[C@H](C)[C@H](NC(=O)[C@H](CC)NC(=O)OCC1c2ccccc2-c2ccccc21)C(=O)N1CCC[C@H]1Cn1nnnc1NCc1ccccc1. The maximum Gasteiger partial charge on any atom is 0.407 e. The molecule has 538 valence electrons. The fraction of sp³-hybridized carbons (Fsp3) is 0.385. The van der Waals surface area contributed by atoms with Crippen LogP contribution >= 0.6 is 0 Å². The van der Waals surface area contributed by atoms with E-state index in [-0.39, 0.29) is 76.3 Å². The van der Waals surface area contributed by atoms with E-state index < -0.39 is 72.2 Å². The molecule has 104 heavy (non-hydrogen) atoms. The molecule has 26 nitrogen and oxygen atoms in total. The topological polar surface area (TPSA) is 305 Å². The summed E-state index contributed by atoms with van der Waals surface area (Å²) in [6.45, 7) is 8.76. The second-order valence-electron chi connectivity index (χ2n) is 26.2. The number of tetrazole rings is 2. The molecule has 26 heteroatoms. The molecule has 0 unspecified atom stereocenters. The highest BCUT2D eigenvalue weighted by molar-refractivity contribution is 5.93. The molecule has 2 aliphatic heterocycles. The third kappa shape index (κ3) is 17.5. The van der Waals surface area contributed by atoms with E-state index in [0.717, 1.165) is 55.6 Å². The first-order valence-electron chi connectivity index (χ1n) is 35.5. The van der Waals surface area contributed by atoms with Crippen LogP contribution in [0.4, 0.5) is 21.5 Å². The van der Waals surface area contributed by atoms with Crippen molar-refractivity contribution in [1.82, 2.24) is 71.5 Å². The number of nitrogens with one attached hydrogen (secondary N) is 6. The maximum absolute atomic E-state index is 15.0. The molecule has 4 heterocycles. The number of hydrogen-bond donors (Lipinski definition) is 6. The summed E-state index contributed by atoms with van der Waals surface area (Å²) in [5, 5.41) is 42.7. The van der Waals surface area contributed by atoms with Gasteiger partial charge in [0.25, 0.3) is 0 Å². The van der Waals surface area contributed by atoms with Gasteiger partial charge in [-0.05, 0) is 141 Å². The minimum absolute atomic E-state index is 0.0401. The molecule has 0 bridgehead atoms. The second-order valence-corrected chi connectivity index (χ2v) is 26.2. The van der Waals surface area contributed by atoms with E-state index in [4.69, 9.17) is 18.9 Å². The van der Waals surface area contributed by atoms with Gasteiger partial charge in [0.05, 0.1) is 37.4 Å². The Morgan fingerprint density at radius 2 is 0.837 bits per heavy atom. The molecule has 0 radical (unpaired) electrons. The van der Waals surface area contributed by atoms with Crippen LogP contribution in [0.2, 0.25) is 0 Å². The van der Waals surface area contributed by atoms with E-state index in [1.807, 2.05) is 158 Å². The number of anilines is 2.